The Labute approximate surface area is 165 Å². The molecule has 1 aliphatic carbocycles. The first-order chi connectivity index (χ1) is 13.2. The molecule has 0 spiro atoms. The fourth-order valence-electron chi connectivity index (χ4n) is 3.71. The average molecular weight is 427 g/mol. The molecule has 3 rings (SSSR count). The lowest BCUT2D eigenvalue weighted by molar-refractivity contribution is 0.0276. The lowest BCUT2D eigenvalue weighted by Crippen LogP contribution is -2.54. The summed E-state index contributed by atoms with van der Waals surface area (Å²) >= 11 is 0. The van der Waals surface area contributed by atoms with Gasteiger partial charge in [0.1, 0.15) is 6.10 Å². The highest BCUT2D eigenvalue weighted by molar-refractivity contribution is 8.10. The molecule has 8 heteroatoms. The molecule has 0 bridgehead atoms. The number of halogens is 1. The molecule has 152 valence electrons. The number of sulfone groups is 2. The largest absolute Gasteiger partial charge is 0.387 e. The van der Waals surface area contributed by atoms with E-state index >= 15 is 4.39 Å². The summed E-state index contributed by atoms with van der Waals surface area (Å²) in [6.45, 7) is 0. The van der Waals surface area contributed by atoms with E-state index in [1.165, 1.54) is 24.3 Å². The van der Waals surface area contributed by atoms with Gasteiger partial charge in [-0.2, -0.15) is 0 Å². The fourth-order valence-corrected chi connectivity index (χ4v) is 8.14. The molecule has 0 aliphatic heterocycles. The fraction of sp³-hybridized carbons (Fsp3) is 0.400. The first-order valence-electron chi connectivity index (χ1n) is 9.19. The summed E-state index contributed by atoms with van der Waals surface area (Å²) in [7, 11) is -10.1. The van der Waals surface area contributed by atoms with Crippen LogP contribution in [0.25, 0.3) is 0 Å². The molecule has 1 saturated carbocycles. The molecule has 5 nitrogen and oxygen atoms in total. The molecule has 0 radical (unpaired) electrons. The van der Waals surface area contributed by atoms with Gasteiger partial charge in [-0.05, 0) is 43.0 Å². The third-order valence-corrected chi connectivity index (χ3v) is 10.3. The second-order valence-corrected chi connectivity index (χ2v) is 11.5. The molecule has 0 saturated heterocycles. The van der Waals surface area contributed by atoms with Crippen LogP contribution in [0.5, 0.6) is 0 Å². The molecule has 1 atom stereocenters. The summed E-state index contributed by atoms with van der Waals surface area (Å²) < 4.78 is 65.6. The van der Waals surface area contributed by atoms with Crippen LogP contribution in [0.4, 0.5) is 4.39 Å². The van der Waals surface area contributed by atoms with E-state index in [0.717, 1.165) is 30.7 Å². The highest BCUT2D eigenvalue weighted by Gasteiger charge is 2.64. The summed E-state index contributed by atoms with van der Waals surface area (Å²) in [5, 5.41) is 10.9. The molecule has 1 unspecified atom stereocenters. The van der Waals surface area contributed by atoms with E-state index in [4.69, 9.17) is 0 Å². The zero-order chi connectivity index (χ0) is 20.4. The van der Waals surface area contributed by atoms with Crippen LogP contribution in [-0.2, 0) is 19.7 Å². The van der Waals surface area contributed by atoms with E-state index < -0.39 is 45.8 Å². The van der Waals surface area contributed by atoms with Gasteiger partial charge in [0, 0.05) is 0 Å². The van der Waals surface area contributed by atoms with Crippen LogP contribution >= 0.6 is 0 Å². The van der Waals surface area contributed by atoms with E-state index in [9.17, 15) is 21.9 Å². The van der Waals surface area contributed by atoms with Gasteiger partial charge in [0.25, 0.3) is 0 Å². The normalized spacial score (nSPS) is 17.9. The number of hydrogen-bond donors (Lipinski definition) is 1. The van der Waals surface area contributed by atoms with Gasteiger partial charge in [-0.3, -0.25) is 0 Å². The van der Waals surface area contributed by atoms with Gasteiger partial charge in [0.2, 0.25) is 19.7 Å². The van der Waals surface area contributed by atoms with E-state index in [1.807, 2.05) is 0 Å². The van der Waals surface area contributed by atoms with Crippen molar-refractivity contribution in [1.82, 2.24) is 0 Å². The predicted molar refractivity (Wildman–Crippen MR) is 104 cm³/mol. The van der Waals surface area contributed by atoms with Crippen molar-refractivity contribution in [1.29, 1.82) is 0 Å². The number of aliphatic hydroxyl groups excluding tert-OH is 1. The highest BCUT2D eigenvalue weighted by Crippen LogP contribution is 2.44. The standard InChI is InChI=1S/C20H23FO5S2/c21-20(19(22)16-10-4-1-5-11-16,27(23,24)17-12-6-2-7-13-17)28(25,26)18-14-8-3-9-15-18/h2-3,6-9,12-16,19,22H,1,4-5,10-11H2. The lowest BCUT2D eigenvalue weighted by Gasteiger charge is -2.36. The second-order valence-electron chi connectivity index (χ2n) is 7.06. The maximum absolute atomic E-state index is 16.5. The molecule has 28 heavy (non-hydrogen) atoms. The smallest absolute Gasteiger partial charge is 0.343 e. The van der Waals surface area contributed by atoms with Crippen LogP contribution in [0.1, 0.15) is 32.1 Å². The molecule has 0 aromatic heterocycles. The Kier molecular flexibility index (Phi) is 5.93. The minimum atomic E-state index is -5.06. The average Bonchev–Trinajstić information content (AvgIpc) is 2.74. The van der Waals surface area contributed by atoms with Gasteiger partial charge in [0.05, 0.1) is 9.79 Å². The molecule has 1 N–H and O–H groups in total. The Bertz CT molecular complexity index is 930. The molecule has 1 fully saturated rings. The van der Waals surface area contributed by atoms with Crippen molar-refractivity contribution in [3.8, 4) is 0 Å². The van der Waals surface area contributed by atoms with Crippen molar-refractivity contribution < 1.29 is 26.3 Å². The van der Waals surface area contributed by atoms with Crippen LogP contribution in [0.3, 0.4) is 0 Å². The maximum Gasteiger partial charge on any atom is 0.343 e. The zero-order valence-electron chi connectivity index (χ0n) is 15.2. The number of alkyl halides is 1. The van der Waals surface area contributed by atoms with Crippen LogP contribution < -0.4 is 0 Å². The predicted octanol–water partition coefficient (Wildman–Crippen LogP) is 3.50. The highest BCUT2D eigenvalue weighted by atomic mass is 32.3. The number of hydrogen-bond acceptors (Lipinski definition) is 5. The van der Waals surface area contributed by atoms with Crippen molar-refractivity contribution in [3.63, 3.8) is 0 Å². The minimum absolute atomic E-state index is 0.376. The van der Waals surface area contributed by atoms with Gasteiger partial charge >= 0.3 is 4.33 Å². The SMILES string of the molecule is O=S(=O)(c1ccccc1)C(F)(C(O)C1CCCCC1)S(=O)(=O)c1ccccc1. The molecule has 1 aliphatic rings. The molecular formula is C20H23FO5S2. The van der Waals surface area contributed by atoms with Gasteiger partial charge in [-0.1, -0.05) is 55.7 Å². The molecule has 2 aromatic rings. The summed E-state index contributed by atoms with van der Waals surface area (Å²) in [4.78, 5) is -0.960. The summed E-state index contributed by atoms with van der Waals surface area (Å²) in [5.41, 5.74) is 0. The van der Waals surface area contributed by atoms with Gasteiger partial charge in [-0.25, -0.2) is 21.2 Å². The van der Waals surface area contributed by atoms with Crippen LogP contribution in [0.2, 0.25) is 0 Å². The first-order valence-corrected chi connectivity index (χ1v) is 12.2. The summed E-state index contributed by atoms with van der Waals surface area (Å²) in [6.07, 6.45) is 0.828. The van der Waals surface area contributed by atoms with E-state index in [1.54, 1.807) is 12.1 Å². The van der Waals surface area contributed by atoms with Crippen LogP contribution in [0, 0.1) is 5.92 Å². The molecule has 2 aromatic carbocycles. The number of benzene rings is 2. The van der Waals surface area contributed by atoms with Crippen molar-refractivity contribution in [2.24, 2.45) is 5.92 Å². The van der Waals surface area contributed by atoms with Crippen LogP contribution in [-0.4, -0.2) is 32.4 Å². The van der Waals surface area contributed by atoms with E-state index in [2.05, 4.69) is 0 Å². The second kappa shape index (κ2) is 7.93. The third kappa shape index (κ3) is 3.38. The molecule has 0 amide bonds. The lowest BCUT2D eigenvalue weighted by atomic mass is 9.85. The topological polar surface area (TPSA) is 88.5 Å². The number of rotatable bonds is 6. The van der Waals surface area contributed by atoms with E-state index in [-0.39, 0.29) is 0 Å². The Hall–Kier alpha value is -1.77. The van der Waals surface area contributed by atoms with Gasteiger partial charge in [0.15, 0.2) is 0 Å². The van der Waals surface area contributed by atoms with Crippen molar-refractivity contribution in [2.75, 3.05) is 0 Å². The molecule has 0 heterocycles. The Balaban J connectivity index is 2.22. The third-order valence-electron chi connectivity index (χ3n) is 5.29. The van der Waals surface area contributed by atoms with E-state index in [0.29, 0.717) is 25.7 Å². The van der Waals surface area contributed by atoms with Crippen LogP contribution in [0.15, 0.2) is 70.5 Å². The van der Waals surface area contributed by atoms with Gasteiger partial charge < -0.3 is 5.11 Å². The van der Waals surface area contributed by atoms with Crippen molar-refractivity contribution in [2.45, 2.75) is 52.3 Å². The zero-order valence-corrected chi connectivity index (χ0v) is 16.9. The first kappa shape index (κ1) is 21.0. The molecular weight excluding hydrogens is 403 g/mol. The summed E-state index contributed by atoms with van der Waals surface area (Å²) in [6, 6.07) is 13.2. The Morgan fingerprint density at radius 2 is 1.18 bits per heavy atom. The Morgan fingerprint density at radius 1 is 0.786 bits per heavy atom. The Morgan fingerprint density at radius 3 is 1.57 bits per heavy atom. The number of aliphatic hydroxyl groups is 1. The maximum atomic E-state index is 16.5. The van der Waals surface area contributed by atoms with Crippen molar-refractivity contribution in [3.05, 3.63) is 60.7 Å². The van der Waals surface area contributed by atoms with Crippen molar-refractivity contribution >= 4 is 19.7 Å². The quantitative estimate of drug-likeness (QED) is 0.764. The minimum Gasteiger partial charge on any atom is -0.387 e. The van der Waals surface area contributed by atoms with Gasteiger partial charge in [-0.15, -0.1) is 0 Å². The monoisotopic (exact) mass is 426 g/mol. The summed E-state index contributed by atoms with van der Waals surface area (Å²) in [5.74, 6) is -0.754.